The van der Waals surface area contributed by atoms with E-state index in [9.17, 15) is 28.0 Å². The lowest BCUT2D eigenvalue weighted by Crippen LogP contribution is -2.48. The number of urea groups is 1. The number of likely N-dealkylation sites (N-methyl/N-ethyl adjacent to an activating group) is 1. The molecule has 0 fully saturated rings. The number of anilines is 1. The summed E-state index contributed by atoms with van der Waals surface area (Å²) < 4.78 is 28.3. The monoisotopic (exact) mass is 529 g/mol. The molecule has 0 saturated carbocycles. The van der Waals surface area contributed by atoms with Gasteiger partial charge in [0.05, 0.1) is 17.6 Å². The Hall–Kier alpha value is -4.55. The number of hydrogen-bond donors (Lipinski definition) is 3. The van der Waals surface area contributed by atoms with E-state index in [1.54, 1.807) is 26.2 Å². The van der Waals surface area contributed by atoms with Gasteiger partial charge in [-0.3, -0.25) is 14.4 Å². The lowest BCUT2D eigenvalue weighted by atomic mass is 10.1. The first-order valence-electron chi connectivity index (χ1n) is 11.7. The van der Waals surface area contributed by atoms with Crippen molar-refractivity contribution < 1.29 is 23.2 Å². The number of carbonyl (C=O) groups is 3. The third-order valence-corrected chi connectivity index (χ3v) is 5.51. The molecule has 0 spiro atoms. The molecule has 0 unspecified atom stereocenters. The van der Waals surface area contributed by atoms with Crippen LogP contribution in [0.1, 0.15) is 18.7 Å². The van der Waals surface area contributed by atoms with Crippen LogP contribution < -0.4 is 16.2 Å². The second-order valence-electron chi connectivity index (χ2n) is 8.92. The number of imidazole rings is 1. The average Bonchev–Trinajstić information content (AvgIpc) is 3.23. The van der Waals surface area contributed by atoms with Gasteiger partial charge in [0.1, 0.15) is 17.6 Å². The number of amides is 4. The van der Waals surface area contributed by atoms with E-state index < -0.39 is 35.2 Å². The molecule has 3 N–H and O–H groups in total. The van der Waals surface area contributed by atoms with E-state index in [1.807, 2.05) is 0 Å². The molecule has 3 rings (SSSR count). The van der Waals surface area contributed by atoms with Crippen molar-refractivity contribution in [2.75, 3.05) is 33.5 Å². The van der Waals surface area contributed by atoms with E-state index in [-0.39, 0.29) is 41.4 Å². The van der Waals surface area contributed by atoms with Crippen molar-refractivity contribution in [3.8, 4) is 0 Å². The molecule has 1 atom stereocenters. The van der Waals surface area contributed by atoms with Gasteiger partial charge in [0.25, 0.3) is 5.56 Å². The van der Waals surface area contributed by atoms with Gasteiger partial charge in [-0.05, 0) is 31.1 Å². The number of rotatable bonds is 9. The molecule has 11 nitrogen and oxygen atoms in total. The van der Waals surface area contributed by atoms with Crippen LogP contribution in [0.2, 0.25) is 0 Å². The van der Waals surface area contributed by atoms with Crippen LogP contribution in [-0.2, 0) is 16.1 Å². The summed E-state index contributed by atoms with van der Waals surface area (Å²) in [5.41, 5.74) is -0.101. The molecule has 202 valence electrons. The number of halogens is 2. The van der Waals surface area contributed by atoms with Gasteiger partial charge in [-0.25, -0.2) is 18.6 Å². The predicted molar refractivity (Wildman–Crippen MR) is 138 cm³/mol. The van der Waals surface area contributed by atoms with Crippen LogP contribution in [0.3, 0.4) is 0 Å². The highest BCUT2D eigenvalue weighted by Gasteiger charge is 2.22. The van der Waals surface area contributed by atoms with E-state index in [1.165, 1.54) is 46.8 Å². The molecule has 0 aliphatic heterocycles. The van der Waals surface area contributed by atoms with Gasteiger partial charge in [-0.2, -0.15) is 0 Å². The van der Waals surface area contributed by atoms with E-state index in [4.69, 9.17) is 0 Å². The number of nitrogens with one attached hydrogen (secondary N) is 3. The molecule has 4 amide bonds. The van der Waals surface area contributed by atoms with Gasteiger partial charge in [0.15, 0.2) is 11.6 Å². The zero-order chi connectivity index (χ0) is 28.0. The molecule has 38 heavy (non-hydrogen) atoms. The highest BCUT2D eigenvalue weighted by atomic mass is 19.2. The summed E-state index contributed by atoms with van der Waals surface area (Å²) in [6.45, 7) is -0.0496. The van der Waals surface area contributed by atoms with Crippen LogP contribution in [0.4, 0.5) is 19.3 Å². The summed E-state index contributed by atoms with van der Waals surface area (Å²) in [5, 5.41) is 5.16. The highest BCUT2D eigenvalue weighted by Crippen LogP contribution is 2.17. The molecule has 2 heterocycles. The maximum atomic E-state index is 13.5. The number of nitrogens with zero attached hydrogens (tertiary/aromatic N) is 4. The van der Waals surface area contributed by atoms with Crippen LogP contribution in [0.25, 0.3) is 11.0 Å². The third kappa shape index (κ3) is 7.02. The molecule has 0 aliphatic carbocycles. The number of carbonyl (C=O) groups excluding carboxylic acids is 3. The Kier molecular flexibility index (Phi) is 8.94. The second-order valence-corrected chi connectivity index (χ2v) is 8.92. The quantitative estimate of drug-likeness (QED) is 0.365. The minimum atomic E-state index is -1.03. The Morgan fingerprint density at radius 3 is 2.53 bits per heavy atom. The Labute approximate surface area is 217 Å². The van der Waals surface area contributed by atoms with Gasteiger partial charge in [0.2, 0.25) is 11.8 Å². The van der Waals surface area contributed by atoms with E-state index in [0.29, 0.717) is 6.42 Å². The fourth-order valence-electron chi connectivity index (χ4n) is 3.41. The number of aromatic amines is 1. The van der Waals surface area contributed by atoms with Crippen molar-refractivity contribution in [3.63, 3.8) is 0 Å². The van der Waals surface area contributed by atoms with Crippen molar-refractivity contribution >= 4 is 34.6 Å². The standard InChI is InChI=1S/C25H29F2N7O4/c1-32(2)22(35)10-6-5-8-17(31-25(38)33(3)4)23(36)30-18-9-7-11-34(24(18)37)14-21-28-19-12-15(26)16(27)13-20(19)29-21/h6-7,9-13,17H,5,8,14H2,1-4H3,(H,28,29)(H,30,36)(H,31,38)/b10-6+/t17-/m0/s1. The zero-order valence-electron chi connectivity index (χ0n) is 21.4. The smallest absolute Gasteiger partial charge is 0.317 e. The fourth-order valence-corrected chi connectivity index (χ4v) is 3.41. The first-order valence-corrected chi connectivity index (χ1v) is 11.7. The molecular formula is C25H29F2N7O4. The van der Waals surface area contributed by atoms with E-state index in [2.05, 4.69) is 20.6 Å². The number of H-pyrrole nitrogens is 1. The predicted octanol–water partition coefficient (Wildman–Crippen LogP) is 2.05. The highest BCUT2D eigenvalue weighted by molar-refractivity contribution is 5.96. The molecule has 2 aromatic heterocycles. The first-order chi connectivity index (χ1) is 18.0. The summed E-state index contributed by atoms with van der Waals surface area (Å²) in [5.74, 6) is -2.60. The fraction of sp³-hybridized carbons (Fsp3) is 0.320. The van der Waals surface area contributed by atoms with E-state index in [0.717, 1.165) is 12.1 Å². The average molecular weight is 530 g/mol. The van der Waals surface area contributed by atoms with Crippen molar-refractivity contribution in [1.29, 1.82) is 0 Å². The SMILES string of the molecule is CN(C)C(=O)/C=C/CC[C@H](NC(=O)N(C)C)C(=O)Nc1cccn(Cc2nc3cc(F)c(F)cc3[nH]2)c1=O. The van der Waals surface area contributed by atoms with Crippen molar-refractivity contribution in [2.45, 2.75) is 25.4 Å². The van der Waals surface area contributed by atoms with Crippen LogP contribution in [-0.4, -0.2) is 76.4 Å². The lowest BCUT2D eigenvalue weighted by Gasteiger charge is -2.20. The van der Waals surface area contributed by atoms with Gasteiger partial charge < -0.3 is 30.0 Å². The topological polar surface area (TPSA) is 132 Å². The second kappa shape index (κ2) is 12.1. The van der Waals surface area contributed by atoms with Crippen LogP contribution >= 0.6 is 0 Å². The number of pyridine rings is 1. The Morgan fingerprint density at radius 2 is 1.84 bits per heavy atom. The molecule has 0 radical (unpaired) electrons. The first kappa shape index (κ1) is 28.0. The molecular weight excluding hydrogens is 500 g/mol. The van der Waals surface area contributed by atoms with Crippen LogP contribution in [0, 0.1) is 11.6 Å². The van der Waals surface area contributed by atoms with Gasteiger partial charge in [0, 0.05) is 46.5 Å². The summed E-state index contributed by atoms with van der Waals surface area (Å²) in [6.07, 6.45) is 4.95. The van der Waals surface area contributed by atoms with Gasteiger partial charge >= 0.3 is 6.03 Å². The van der Waals surface area contributed by atoms with Crippen molar-refractivity contribution in [2.24, 2.45) is 0 Å². The summed E-state index contributed by atoms with van der Waals surface area (Å²) >= 11 is 0. The van der Waals surface area contributed by atoms with Crippen LogP contribution in [0.5, 0.6) is 0 Å². The maximum Gasteiger partial charge on any atom is 0.317 e. The molecule has 3 aromatic rings. The molecule has 0 bridgehead atoms. The Balaban J connectivity index is 1.76. The maximum absolute atomic E-state index is 13.5. The van der Waals surface area contributed by atoms with Crippen molar-refractivity contribution in [3.05, 3.63) is 70.4 Å². The van der Waals surface area contributed by atoms with Crippen molar-refractivity contribution in [1.82, 2.24) is 29.7 Å². The van der Waals surface area contributed by atoms with E-state index >= 15 is 0 Å². The number of benzene rings is 1. The molecule has 0 saturated heterocycles. The summed E-state index contributed by atoms with van der Waals surface area (Å²) in [6, 6.07) is 3.41. The molecule has 0 aliphatic rings. The molecule has 1 aromatic carbocycles. The van der Waals surface area contributed by atoms with Gasteiger partial charge in [-0.15, -0.1) is 0 Å². The summed E-state index contributed by atoms with van der Waals surface area (Å²) in [7, 11) is 6.27. The number of aromatic nitrogens is 3. The molecule has 13 heteroatoms. The zero-order valence-corrected chi connectivity index (χ0v) is 21.4. The number of allylic oxidation sites excluding steroid dienone is 1. The minimum Gasteiger partial charge on any atom is -0.345 e. The Bertz CT molecular complexity index is 1390. The van der Waals surface area contributed by atoms with Gasteiger partial charge in [-0.1, -0.05) is 6.08 Å². The third-order valence-electron chi connectivity index (χ3n) is 5.51. The van der Waals surface area contributed by atoms with Crippen LogP contribution in [0.15, 0.2) is 47.4 Å². The number of fused-ring (bicyclic) bond motifs is 1. The minimum absolute atomic E-state index is 0.0341. The summed E-state index contributed by atoms with van der Waals surface area (Å²) in [4.78, 5) is 59.7. The largest absolute Gasteiger partial charge is 0.345 e. The normalized spacial score (nSPS) is 11.9. The number of hydrogen-bond acceptors (Lipinski definition) is 5. The lowest BCUT2D eigenvalue weighted by molar-refractivity contribution is -0.123. The Morgan fingerprint density at radius 1 is 1.13 bits per heavy atom.